The summed E-state index contributed by atoms with van der Waals surface area (Å²) >= 11 is 5.30. The van der Waals surface area contributed by atoms with Gasteiger partial charge in [-0.25, -0.2) is 4.98 Å². The van der Waals surface area contributed by atoms with Crippen molar-refractivity contribution >= 4 is 50.9 Å². The van der Waals surface area contributed by atoms with Gasteiger partial charge in [-0.1, -0.05) is 60.2 Å². The Labute approximate surface area is 162 Å². The molecule has 0 saturated heterocycles. The van der Waals surface area contributed by atoms with Gasteiger partial charge in [-0.15, -0.1) is 0 Å². The summed E-state index contributed by atoms with van der Waals surface area (Å²) in [5.41, 5.74) is 6.72. The average molecular weight is 370 g/mol. The molecule has 132 valence electrons. The van der Waals surface area contributed by atoms with Crippen LogP contribution in [0.4, 0.5) is 5.69 Å². The molecule has 5 heteroatoms. The van der Waals surface area contributed by atoms with Crippen molar-refractivity contribution < 1.29 is 0 Å². The molecular formula is C22H18N4S. The van der Waals surface area contributed by atoms with E-state index in [9.17, 15) is 0 Å². The summed E-state index contributed by atoms with van der Waals surface area (Å²) in [4.78, 5) is 4.74. The molecule has 4 nitrogen and oxygen atoms in total. The van der Waals surface area contributed by atoms with E-state index in [1.54, 1.807) is 6.21 Å². The molecule has 0 spiro atoms. The van der Waals surface area contributed by atoms with E-state index in [0.29, 0.717) is 5.11 Å². The third-order valence-electron chi connectivity index (χ3n) is 4.30. The number of hydrazone groups is 1. The number of aryl methyl sites for hydroxylation is 1. The molecule has 0 bridgehead atoms. The van der Waals surface area contributed by atoms with Crippen LogP contribution in [0.5, 0.6) is 0 Å². The van der Waals surface area contributed by atoms with Crippen LogP contribution < -0.4 is 10.7 Å². The monoisotopic (exact) mass is 370 g/mol. The van der Waals surface area contributed by atoms with Crippen LogP contribution in [0, 0.1) is 6.92 Å². The van der Waals surface area contributed by atoms with Gasteiger partial charge in [0.05, 0.1) is 17.4 Å². The summed E-state index contributed by atoms with van der Waals surface area (Å²) in [5.74, 6) is 0. The maximum absolute atomic E-state index is 5.30. The van der Waals surface area contributed by atoms with Gasteiger partial charge in [0.15, 0.2) is 5.11 Å². The molecule has 0 radical (unpaired) electrons. The summed E-state index contributed by atoms with van der Waals surface area (Å²) in [6.45, 7) is 2.05. The standard InChI is InChI=1S/C22H18N4S/c1-15-10-12-16(13-11-15)24-22(27)26-23-14-21-19-8-3-2-6-17(19)18-7-4-5-9-20(18)25-21/h2-14H,1H3,(H2,24,26,27)/b23-14-. The largest absolute Gasteiger partial charge is 0.331 e. The zero-order chi connectivity index (χ0) is 18.6. The molecule has 1 aromatic heterocycles. The number of hydrogen-bond donors (Lipinski definition) is 2. The van der Waals surface area contributed by atoms with Crippen LogP contribution in [-0.2, 0) is 0 Å². The van der Waals surface area contributed by atoms with Crippen LogP contribution in [0.1, 0.15) is 11.3 Å². The first kappa shape index (κ1) is 17.1. The second kappa shape index (κ2) is 7.51. The molecule has 3 aromatic carbocycles. The number of nitrogens with zero attached hydrogens (tertiary/aromatic N) is 2. The second-order valence-corrected chi connectivity index (χ2v) is 6.66. The molecule has 0 unspecified atom stereocenters. The Morgan fingerprint density at radius 2 is 1.56 bits per heavy atom. The van der Waals surface area contributed by atoms with E-state index in [-0.39, 0.29) is 0 Å². The van der Waals surface area contributed by atoms with Gasteiger partial charge in [-0.2, -0.15) is 5.10 Å². The van der Waals surface area contributed by atoms with E-state index < -0.39 is 0 Å². The minimum absolute atomic E-state index is 0.431. The molecule has 4 rings (SSSR count). The number of nitrogens with one attached hydrogen (secondary N) is 2. The maximum Gasteiger partial charge on any atom is 0.191 e. The Bertz CT molecular complexity index is 1150. The van der Waals surface area contributed by atoms with Crippen molar-refractivity contribution in [3.05, 3.63) is 84.1 Å². The van der Waals surface area contributed by atoms with Gasteiger partial charge >= 0.3 is 0 Å². The lowest BCUT2D eigenvalue weighted by molar-refractivity contribution is 1.05. The minimum atomic E-state index is 0.431. The Hall–Kier alpha value is -3.31. The second-order valence-electron chi connectivity index (χ2n) is 6.25. The Balaban J connectivity index is 1.57. The number of thiocarbonyl (C=S) groups is 1. The van der Waals surface area contributed by atoms with Crippen LogP contribution in [0.3, 0.4) is 0 Å². The number of pyridine rings is 1. The Morgan fingerprint density at radius 3 is 2.33 bits per heavy atom. The van der Waals surface area contributed by atoms with Gasteiger partial charge < -0.3 is 5.32 Å². The minimum Gasteiger partial charge on any atom is -0.331 e. The fourth-order valence-corrected chi connectivity index (χ4v) is 3.15. The fraction of sp³-hybridized carbons (Fsp3) is 0.0455. The molecule has 0 atom stereocenters. The van der Waals surface area contributed by atoms with Gasteiger partial charge in [0, 0.05) is 16.5 Å². The van der Waals surface area contributed by atoms with E-state index in [2.05, 4.69) is 34.0 Å². The Morgan fingerprint density at radius 1 is 0.889 bits per heavy atom. The number of rotatable bonds is 3. The van der Waals surface area contributed by atoms with E-state index in [0.717, 1.165) is 33.1 Å². The molecule has 2 N–H and O–H groups in total. The fourth-order valence-electron chi connectivity index (χ4n) is 2.98. The zero-order valence-corrected chi connectivity index (χ0v) is 15.6. The molecule has 4 aromatic rings. The average Bonchev–Trinajstić information content (AvgIpc) is 2.70. The van der Waals surface area contributed by atoms with Gasteiger partial charge in [0.2, 0.25) is 0 Å². The van der Waals surface area contributed by atoms with Crippen LogP contribution in [0.15, 0.2) is 77.9 Å². The van der Waals surface area contributed by atoms with Crippen molar-refractivity contribution in [3.8, 4) is 0 Å². The summed E-state index contributed by atoms with van der Waals surface area (Å²) in [5, 5.41) is 11.2. The van der Waals surface area contributed by atoms with Crippen LogP contribution in [0.25, 0.3) is 21.7 Å². The van der Waals surface area contributed by atoms with Crippen molar-refractivity contribution in [3.63, 3.8) is 0 Å². The molecule has 1 heterocycles. The lowest BCUT2D eigenvalue weighted by atomic mass is 10.0. The zero-order valence-electron chi connectivity index (χ0n) is 14.8. The third-order valence-corrected chi connectivity index (χ3v) is 4.49. The SMILES string of the molecule is Cc1ccc(NC(=S)N/N=C\c2nc3ccccc3c3ccccc23)cc1. The molecular weight excluding hydrogens is 352 g/mol. The lowest BCUT2D eigenvalue weighted by Gasteiger charge is -2.08. The number of hydrogen-bond acceptors (Lipinski definition) is 3. The molecule has 0 aliphatic rings. The summed E-state index contributed by atoms with van der Waals surface area (Å²) in [6, 6.07) is 24.3. The van der Waals surface area contributed by atoms with Crippen LogP contribution >= 0.6 is 12.2 Å². The summed E-state index contributed by atoms with van der Waals surface area (Å²) in [7, 11) is 0. The van der Waals surface area contributed by atoms with Crippen LogP contribution in [-0.4, -0.2) is 16.3 Å². The van der Waals surface area contributed by atoms with Crippen LogP contribution in [0.2, 0.25) is 0 Å². The lowest BCUT2D eigenvalue weighted by Crippen LogP contribution is -2.23. The first-order chi connectivity index (χ1) is 13.2. The number of benzene rings is 3. The topological polar surface area (TPSA) is 49.3 Å². The van der Waals surface area contributed by atoms with E-state index in [1.807, 2.05) is 61.5 Å². The maximum atomic E-state index is 5.30. The number of aromatic nitrogens is 1. The van der Waals surface area contributed by atoms with Gasteiger partial charge in [-0.05, 0) is 42.7 Å². The highest BCUT2D eigenvalue weighted by Crippen LogP contribution is 2.25. The van der Waals surface area contributed by atoms with E-state index >= 15 is 0 Å². The third kappa shape index (κ3) is 3.78. The smallest absolute Gasteiger partial charge is 0.191 e. The number of anilines is 1. The molecule has 0 fully saturated rings. The Kier molecular flexibility index (Phi) is 4.77. The summed E-state index contributed by atoms with van der Waals surface area (Å²) in [6.07, 6.45) is 1.71. The van der Waals surface area contributed by atoms with Crippen molar-refractivity contribution in [1.82, 2.24) is 10.4 Å². The van der Waals surface area contributed by atoms with E-state index in [1.165, 1.54) is 5.56 Å². The van der Waals surface area contributed by atoms with Crippen molar-refractivity contribution in [2.24, 2.45) is 5.10 Å². The molecule has 0 aliphatic carbocycles. The highest BCUT2D eigenvalue weighted by atomic mass is 32.1. The normalized spacial score (nSPS) is 11.1. The predicted molar refractivity (Wildman–Crippen MR) is 117 cm³/mol. The van der Waals surface area contributed by atoms with Crippen molar-refractivity contribution in [1.29, 1.82) is 0 Å². The molecule has 0 aliphatic heterocycles. The highest BCUT2D eigenvalue weighted by molar-refractivity contribution is 7.80. The molecule has 0 saturated carbocycles. The van der Waals surface area contributed by atoms with Crippen molar-refractivity contribution in [2.75, 3.05) is 5.32 Å². The predicted octanol–water partition coefficient (Wildman–Crippen LogP) is 5.02. The van der Waals surface area contributed by atoms with E-state index in [4.69, 9.17) is 17.2 Å². The quantitative estimate of drug-likeness (QED) is 0.230. The first-order valence-corrected chi connectivity index (χ1v) is 9.06. The molecule has 0 amide bonds. The summed E-state index contributed by atoms with van der Waals surface area (Å²) < 4.78 is 0. The number of para-hydroxylation sites is 1. The van der Waals surface area contributed by atoms with Gasteiger partial charge in [0.25, 0.3) is 0 Å². The van der Waals surface area contributed by atoms with Gasteiger partial charge in [-0.3, -0.25) is 5.43 Å². The number of fused-ring (bicyclic) bond motifs is 3. The first-order valence-electron chi connectivity index (χ1n) is 8.65. The van der Waals surface area contributed by atoms with Crippen molar-refractivity contribution in [2.45, 2.75) is 6.92 Å². The molecule has 27 heavy (non-hydrogen) atoms. The highest BCUT2D eigenvalue weighted by Gasteiger charge is 2.06. The van der Waals surface area contributed by atoms with Gasteiger partial charge in [0.1, 0.15) is 0 Å².